The highest BCUT2D eigenvalue weighted by Gasteiger charge is 2.40. The van der Waals surface area contributed by atoms with Crippen LogP contribution in [0.2, 0.25) is 0 Å². The highest BCUT2D eigenvalue weighted by molar-refractivity contribution is 7.95. The number of nitrogens with one attached hydrogen (secondary N) is 1. The molecule has 108 valence electrons. The Morgan fingerprint density at radius 1 is 1.58 bits per heavy atom. The summed E-state index contributed by atoms with van der Waals surface area (Å²) in [6.07, 6.45) is -0.00995. The van der Waals surface area contributed by atoms with Gasteiger partial charge in [0.05, 0.1) is 0 Å². The molecule has 1 aliphatic rings. The monoisotopic (exact) mass is 326 g/mol. The van der Waals surface area contributed by atoms with Crippen molar-refractivity contribution in [1.82, 2.24) is 5.32 Å². The van der Waals surface area contributed by atoms with Crippen molar-refractivity contribution in [3.8, 4) is 0 Å². The van der Waals surface area contributed by atoms with Crippen molar-refractivity contribution in [2.45, 2.75) is 33.2 Å². The molecule has 1 aliphatic heterocycles. The topological polar surface area (TPSA) is 127 Å². The van der Waals surface area contributed by atoms with Gasteiger partial charge in [0.2, 0.25) is 19.9 Å². The molecular formula is C9H14N2O5S3. The van der Waals surface area contributed by atoms with Crippen molar-refractivity contribution < 1.29 is 21.9 Å². The van der Waals surface area contributed by atoms with E-state index in [1.54, 1.807) is 0 Å². The molecule has 7 nitrogen and oxygen atoms in total. The van der Waals surface area contributed by atoms with E-state index < -0.39 is 31.3 Å². The molecule has 19 heavy (non-hydrogen) atoms. The number of thiophene rings is 1. The second kappa shape index (κ2) is 4.79. The van der Waals surface area contributed by atoms with Gasteiger partial charge in [0.25, 0.3) is 0 Å². The molecule has 10 heteroatoms. The Hall–Kier alpha value is -0.520. The van der Waals surface area contributed by atoms with Crippen molar-refractivity contribution >= 4 is 31.2 Å². The average Bonchev–Trinajstić information content (AvgIpc) is 2.72. The summed E-state index contributed by atoms with van der Waals surface area (Å²) >= 11 is 0.582. The lowest BCUT2D eigenvalue weighted by Crippen LogP contribution is -2.34. The maximum atomic E-state index is 12.0. The predicted octanol–water partition coefficient (Wildman–Crippen LogP) is -0.458. The predicted molar refractivity (Wildman–Crippen MR) is 69.9 cm³/mol. The van der Waals surface area contributed by atoms with Crippen molar-refractivity contribution in [2.75, 3.05) is 6.54 Å². The van der Waals surface area contributed by atoms with Gasteiger partial charge in [-0.25, -0.2) is 22.0 Å². The average molecular weight is 326 g/mol. The molecular weight excluding hydrogens is 312 g/mol. The molecule has 0 spiro atoms. The lowest BCUT2D eigenvalue weighted by atomic mass is 10.1. The van der Waals surface area contributed by atoms with Crippen LogP contribution in [-0.2, 0) is 19.9 Å². The van der Waals surface area contributed by atoms with Gasteiger partial charge in [0.15, 0.2) is 5.44 Å². The Labute approximate surface area is 115 Å². The van der Waals surface area contributed by atoms with Crippen LogP contribution in [0.1, 0.15) is 24.9 Å². The number of hydrogen-bond acceptors (Lipinski definition) is 7. The van der Waals surface area contributed by atoms with Crippen LogP contribution < -0.4 is 10.5 Å². The highest BCUT2D eigenvalue weighted by atomic mass is 32.3. The standard InChI is InChI=1S/C9H14N2O5S3/c1-2-11-6-4-7(12)18(13,14)9-5(6)3-8(17-9)19(10,15)16/h3,6-7,11-12H,2,4H2,1H3,(H2,10,15,16). The van der Waals surface area contributed by atoms with Gasteiger partial charge in [-0.1, -0.05) is 6.92 Å². The Morgan fingerprint density at radius 3 is 2.74 bits per heavy atom. The largest absolute Gasteiger partial charge is 0.377 e. The van der Waals surface area contributed by atoms with Gasteiger partial charge in [0.1, 0.15) is 8.42 Å². The molecule has 2 unspecified atom stereocenters. The molecule has 0 saturated heterocycles. The molecule has 0 aromatic carbocycles. The van der Waals surface area contributed by atoms with Gasteiger partial charge in [-0.3, -0.25) is 0 Å². The van der Waals surface area contributed by atoms with Crippen LogP contribution in [0, 0.1) is 0 Å². The van der Waals surface area contributed by atoms with E-state index in [0.717, 1.165) is 0 Å². The molecule has 4 N–H and O–H groups in total. The highest BCUT2D eigenvalue weighted by Crippen LogP contribution is 2.41. The minimum Gasteiger partial charge on any atom is -0.377 e. The molecule has 0 aliphatic carbocycles. The van der Waals surface area contributed by atoms with Gasteiger partial charge < -0.3 is 10.4 Å². The smallest absolute Gasteiger partial charge is 0.247 e. The molecule has 1 aromatic rings. The van der Waals surface area contributed by atoms with E-state index in [1.807, 2.05) is 6.92 Å². The number of sulfone groups is 1. The molecule has 2 rings (SSSR count). The number of hydrogen-bond donors (Lipinski definition) is 3. The minimum atomic E-state index is -3.96. The van der Waals surface area contributed by atoms with Crippen LogP contribution in [0.5, 0.6) is 0 Å². The maximum Gasteiger partial charge on any atom is 0.247 e. The molecule has 0 amide bonds. The van der Waals surface area contributed by atoms with E-state index in [4.69, 9.17) is 5.14 Å². The van der Waals surface area contributed by atoms with Gasteiger partial charge in [0, 0.05) is 18.0 Å². The van der Waals surface area contributed by atoms with E-state index >= 15 is 0 Å². The van der Waals surface area contributed by atoms with Crippen molar-refractivity contribution in [1.29, 1.82) is 0 Å². The van der Waals surface area contributed by atoms with Crippen LogP contribution in [0.25, 0.3) is 0 Å². The van der Waals surface area contributed by atoms with Gasteiger partial charge in [-0.15, -0.1) is 11.3 Å². The number of aliphatic hydroxyl groups excluding tert-OH is 1. The van der Waals surface area contributed by atoms with E-state index in [2.05, 4.69) is 5.32 Å². The van der Waals surface area contributed by atoms with Crippen LogP contribution in [0.15, 0.2) is 14.5 Å². The first-order valence-electron chi connectivity index (χ1n) is 5.49. The molecule has 0 bridgehead atoms. The molecule has 2 heterocycles. The fourth-order valence-electron chi connectivity index (χ4n) is 1.99. The van der Waals surface area contributed by atoms with Gasteiger partial charge >= 0.3 is 0 Å². The summed E-state index contributed by atoms with van der Waals surface area (Å²) in [5, 5.41) is 17.7. The number of primary sulfonamides is 1. The quantitative estimate of drug-likeness (QED) is 0.690. The number of nitrogens with two attached hydrogens (primary N) is 1. The lowest BCUT2D eigenvalue weighted by molar-refractivity contribution is 0.214. The Kier molecular flexibility index (Phi) is 3.75. The van der Waals surface area contributed by atoms with Crippen LogP contribution in [0.4, 0.5) is 0 Å². The maximum absolute atomic E-state index is 12.0. The number of sulfonamides is 1. The first kappa shape index (κ1) is 14.9. The zero-order chi connectivity index (χ0) is 14.4. The summed E-state index contributed by atoms with van der Waals surface area (Å²) < 4.78 is 46.3. The summed E-state index contributed by atoms with van der Waals surface area (Å²) in [7, 11) is -7.86. The first-order chi connectivity index (χ1) is 8.67. The Morgan fingerprint density at radius 2 is 2.21 bits per heavy atom. The zero-order valence-corrected chi connectivity index (χ0v) is 12.5. The number of fused-ring (bicyclic) bond motifs is 1. The lowest BCUT2D eigenvalue weighted by Gasteiger charge is -2.26. The zero-order valence-electron chi connectivity index (χ0n) is 10.0. The summed E-state index contributed by atoms with van der Waals surface area (Å²) in [6, 6.07) is 0.872. The van der Waals surface area contributed by atoms with E-state index in [-0.39, 0.29) is 14.8 Å². The number of rotatable bonds is 3. The SMILES string of the molecule is CCNC1CC(O)S(=O)(=O)c2sc(S(N)(=O)=O)cc21. The summed E-state index contributed by atoms with van der Waals surface area (Å²) in [5.74, 6) is 0. The molecule has 0 fully saturated rings. The van der Waals surface area contributed by atoms with Crippen molar-refractivity contribution in [3.63, 3.8) is 0 Å². The first-order valence-corrected chi connectivity index (χ1v) is 9.40. The number of aliphatic hydroxyl groups is 1. The van der Waals surface area contributed by atoms with Gasteiger partial charge in [-0.2, -0.15) is 0 Å². The Bertz CT molecular complexity index is 691. The van der Waals surface area contributed by atoms with Crippen LogP contribution in [0.3, 0.4) is 0 Å². The second-order valence-electron chi connectivity index (χ2n) is 4.20. The van der Waals surface area contributed by atoms with Gasteiger partial charge in [-0.05, 0) is 12.6 Å². The van der Waals surface area contributed by atoms with E-state index in [0.29, 0.717) is 23.4 Å². The molecule has 1 aromatic heterocycles. The summed E-state index contributed by atoms with van der Waals surface area (Å²) in [6.45, 7) is 2.40. The normalized spacial score (nSPS) is 26.1. The molecule has 2 atom stereocenters. The minimum absolute atomic E-state index is 0.00995. The third-order valence-electron chi connectivity index (χ3n) is 2.86. The molecule has 0 radical (unpaired) electrons. The summed E-state index contributed by atoms with van der Waals surface area (Å²) in [4.78, 5) is 0. The van der Waals surface area contributed by atoms with Crippen LogP contribution in [-0.4, -0.2) is 33.9 Å². The third kappa shape index (κ3) is 2.56. The fraction of sp³-hybridized carbons (Fsp3) is 0.556. The second-order valence-corrected chi connectivity index (χ2v) is 9.34. The van der Waals surface area contributed by atoms with Crippen LogP contribution >= 0.6 is 11.3 Å². The van der Waals surface area contributed by atoms with Crippen molar-refractivity contribution in [2.24, 2.45) is 5.14 Å². The third-order valence-corrected chi connectivity index (χ3v) is 7.84. The fourth-order valence-corrected chi connectivity index (χ4v) is 6.13. The summed E-state index contributed by atoms with van der Waals surface area (Å²) in [5.41, 5.74) is -1.17. The van der Waals surface area contributed by atoms with E-state index in [1.165, 1.54) is 6.07 Å². The Balaban J connectivity index is 2.64. The van der Waals surface area contributed by atoms with Crippen molar-refractivity contribution in [3.05, 3.63) is 11.6 Å². The van der Waals surface area contributed by atoms with E-state index in [9.17, 15) is 21.9 Å². The molecule has 0 saturated carbocycles.